The van der Waals surface area contributed by atoms with E-state index in [-0.39, 0.29) is 11.9 Å². The summed E-state index contributed by atoms with van der Waals surface area (Å²) < 4.78 is 1.81. The third-order valence-corrected chi connectivity index (χ3v) is 4.02. The maximum Gasteiger partial charge on any atom is 0.274 e. The summed E-state index contributed by atoms with van der Waals surface area (Å²) in [5, 5.41) is 4.48. The topological polar surface area (TPSA) is 64.2 Å². The van der Waals surface area contributed by atoms with Gasteiger partial charge in [0, 0.05) is 24.8 Å². The smallest absolute Gasteiger partial charge is 0.274 e. The van der Waals surface area contributed by atoms with Crippen molar-refractivity contribution in [3.63, 3.8) is 0 Å². The van der Waals surface area contributed by atoms with Crippen LogP contribution in [-0.2, 0) is 0 Å². The number of carbonyl (C=O) groups excluding carboxylic acids is 1. The number of likely N-dealkylation sites (tertiary alicyclic amines) is 1. The molecule has 1 aromatic carbocycles. The van der Waals surface area contributed by atoms with E-state index < -0.39 is 0 Å². The summed E-state index contributed by atoms with van der Waals surface area (Å²) in [6.07, 6.45) is 2.01. The highest BCUT2D eigenvalue weighted by Crippen LogP contribution is 2.20. The van der Waals surface area contributed by atoms with Crippen LogP contribution in [0.25, 0.3) is 5.69 Å². The summed E-state index contributed by atoms with van der Waals surface area (Å²) in [6, 6.07) is 11.8. The summed E-state index contributed by atoms with van der Waals surface area (Å²) in [5.41, 5.74) is 8.16. The van der Waals surface area contributed by atoms with Gasteiger partial charge in [0.15, 0.2) is 5.69 Å². The molecular formula is C16H20N4O. The Morgan fingerprint density at radius 3 is 2.86 bits per heavy atom. The Balaban J connectivity index is 1.89. The van der Waals surface area contributed by atoms with Crippen molar-refractivity contribution >= 4 is 5.91 Å². The second-order valence-corrected chi connectivity index (χ2v) is 5.45. The van der Waals surface area contributed by atoms with Gasteiger partial charge in [0.2, 0.25) is 0 Å². The van der Waals surface area contributed by atoms with Crippen LogP contribution in [0.15, 0.2) is 36.4 Å². The number of nitrogens with two attached hydrogens (primary N) is 1. The molecular weight excluding hydrogens is 264 g/mol. The SMILES string of the molecule is Cc1cc(C(=O)N2CCCC2CN)nn1-c1ccccc1. The van der Waals surface area contributed by atoms with E-state index in [1.54, 1.807) is 4.68 Å². The highest BCUT2D eigenvalue weighted by Gasteiger charge is 2.29. The fraction of sp³-hybridized carbons (Fsp3) is 0.375. The van der Waals surface area contributed by atoms with Crippen LogP contribution >= 0.6 is 0 Å². The Labute approximate surface area is 124 Å². The molecule has 2 heterocycles. The standard InChI is InChI=1S/C16H20N4O/c1-12-10-15(16(21)19-9-5-8-14(19)11-17)18-20(12)13-6-3-2-4-7-13/h2-4,6-7,10,14H,5,8-9,11,17H2,1H3. The van der Waals surface area contributed by atoms with E-state index in [2.05, 4.69) is 5.10 Å². The lowest BCUT2D eigenvalue weighted by molar-refractivity contribution is 0.0734. The number of hydrogen-bond acceptors (Lipinski definition) is 3. The van der Waals surface area contributed by atoms with Crippen molar-refractivity contribution in [2.75, 3.05) is 13.1 Å². The molecule has 2 N–H and O–H groups in total. The van der Waals surface area contributed by atoms with Crippen molar-refractivity contribution in [3.8, 4) is 5.69 Å². The number of carbonyl (C=O) groups is 1. The van der Waals surface area contributed by atoms with Gasteiger partial charge in [-0.2, -0.15) is 5.10 Å². The quantitative estimate of drug-likeness (QED) is 0.934. The highest BCUT2D eigenvalue weighted by molar-refractivity contribution is 5.93. The fourth-order valence-corrected chi connectivity index (χ4v) is 2.90. The molecule has 5 nitrogen and oxygen atoms in total. The summed E-state index contributed by atoms with van der Waals surface area (Å²) in [7, 11) is 0. The molecule has 1 amide bonds. The Kier molecular flexibility index (Phi) is 3.75. The van der Waals surface area contributed by atoms with Crippen molar-refractivity contribution in [1.29, 1.82) is 0 Å². The highest BCUT2D eigenvalue weighted by atomic mass is 16.2. The second-order valence-electron chi connectivity index (χ2n) is 5.45. The van der Waals surface area contributed by atoms with Crippen LogP contribution in [-0.4, -0.2) is 39.7 Å². The molecule has 1 aliphatic rings. The summed E-state index contributed by atoms with van der Waals surface area (Å²) >= 11 is 0. The average molecular weight is 284 g/mol. The fourth-order valence-electron chi connectivity index (χ4n) is 2.90. The van der Waals surface area contributed by atoms with Gasteiger partial charge in [-0.25, -0.2) is 4.68 Å². The largest absolute Gasteiger partial charge is 0.333 e. The van der Waals surface area contributed by atoms with E-state index in [1.165, 1.54) is 0 Å². The molecule has 1 saturated heterocycles. The average Bonchev–Trinajstić information content (AvgIpc) is 3.13. The van der Waals surface area contributed by atoms with E-state index in [0.717, 1.165) is 30.8 Å². The second kappa shape index (κ2) is 5.69. The third-order valence-electron chi connectivity index (χ3n) is 4.02. The van der Waals surface area contributed by atoms with Gasteiger partial charge in [0.1, 0.15) is 0 Å². The van der Waals surface area contributed by atoms with E-state index in [0.29, 0.717) is 12.2 Å². The maximum atomic E-state index is 12.6. The van der Waals surface area contributed by atoms with Crippen LogP contribution in [0.3, 0.4) is 0 Å². The Bertz CT molecular complexity index is 635. The van der Waals surface area contributed by atoms with Crippen LogP contribution in [0, 0.1) is 6.92 Å². The lowest BCUT2D eigenvalue weighted by Crippen LogP contribution is -2.40. The summed E-state index contributed by atoms with van der Waals surface area (Å²) in [5.74, 6) is -0.0132. The number of aryl methyl sites for hydroxylation is 1. The molecule has 2 aromatic rings. The molecule has 110 valence electrons. The van der Waals surface area contributed by atoms with Gasteiger partial charge in [-0.15, -0.1) is 0 Å². The maximum absolute atomic E-state index is 12.6. The minimum Gasteiger partial charge on any atom is -0.333 e. The van der Waals surface area contributed by atoms with Crippen LogP contribution in [0.1, 0.15) is 29.0 Å². The number of benzene rings is 1. The van der Waals surface area contributed by atoms with E-state index in [4.69, 9.17) is 5.73 Å². The molecule has 1 aliphatic heterocycles. The Hall–Kier alpha value is -2.14. The van der Waals surface area contributed by atoms with Gasteiger partial charge in [-0.1, -0.05) is 18.2 Å². The number of amides is 1. The van der Waals surface area contributed by atoms with E-state index in [1.807, 2.05) is 48.2 Å². The molecule has 21 heavy (non-hydrogen) atoms. The van der Waals surface area contributed by atoms with Crippen molar-refractivity contribution in [1.82, 2.24) is 14.7 Å². The predicted molar refractivity (Wildman–Crippen MR) is 81.4 cm³/mol. The molecule has 5 heteroatoms. The van der Waals surface area contributed by atoms with Crippen molar-refractivity contribution in [3.05, 3.63) is 47.8 Å². The number of hydrogen-bond donors (Lipinski definition) is 1. The number of rotatable bonds is 3. The van der Waals surface area contributed by atoms with Crippen molar-refractivity contribution in [2.45, 2.75) is 25.8 Å². The first-order chi connectivity index (χ1) is 10.2. The molecule has 0 radical (unpaired) electrons. The van der Waals surface area contributed by atoms with Gasteiger partial charge < -0.3 is 10.6 Å². The third kappa shape index (κ3) is 2.56. The summed E-state index contributed by atoms with van der Waals surface area (Å²) in [4.78, 5) is 14.5. The zero-order valence-electron chi connectivity index (χ0n) is 12.2. The molecule has 0 saturated carbocycles. The number of aromatic nitrogens is 2. The minimum atomic E-state index is -0.0132. The van der Waals surface area contributed by atoms with E-state index >= 15 is 0 Å². The molecule has 0 aliphatic carbocycles. The van der Waals surface area contributed by atoms with E-state index in [9.17, 15) is 4.79 Å². The van der Waals surface area contributed by atoms with Crippen LogP contribution in [0.2, 0.25) is 0 Å². The van der Waals surface area contributed by atoms with Gasteiger partial charge in [-0.05, 0) is 38.0 Å². The van der Waals surface area contributed by atoms with Gasteiger partial charge >= 0.3 is 0 Å². The van der Waals surface area contributed by atoms with Crippen molar-refractivity contribution < 1.29 is 4.79 Å². The minimum absolute atomic E-state index is 0.0132. The molecule has 0 spiro atoms. The Morgan fingerprint density at radius 1 is 1.38 bits per heavy atom. The zero-order valence-corrected chi connectivity index (χ0v) is 12.2. The molecule has 1 unspecified atom stereocenters. The first-order valence-corrected chi connectivity index (χ1v) is 7.34. The summed E-state index contributed by atoms with van der Waals surface area (Å²) in [6.45, 7) is 3.25. The number of nitrogens with zero attached hydrogens (tertiary/aromatic N) is 3. The first-order valence-electron chi connectivity index (χ1n) is 7.34. The van der Waals surface area contributed by atoms with Crippen LogP contribution in [0.4, 0.5) is 0 Å². The Morgan fingerprint density at radius 2 is 2.14 bits per heavy atom. The normalized spacial score (nSPS) is 18.2. The van der Waals surface area contributed by atoms with Gasteiger partial charge in [-0.3, -0.25) is 4.79 Å². The molecule has 1 aromatic heterocycles. The predicted octanol–water partition coefficient (Wildman–Crippen LogP) is 1.74. The van der Waals surface area contributed by atoms with Gasteiger partial charge in [0.25, 0.3) is 5.91 Å². The van der Waals surface area contributed by atoms with Crippen LogP contribution < -0.4 is 5.73 Å². The zero-order chi connectivity index (χ0) is 14.8. The molecule has 1 fully saturated rings. The van der Waals surface area contributed by atoms with Crippen LogP contribution in [0.5, 0.6) is 0 Å². The molecule has 3 rings (SSSR count). The van der Waals surface area contributed by atoms with Gasteiger partial charge in [0.05, 0.1) is 5.69 Å². The number of para-hydroxylation sites is 1. The lowest BCUT2D eigenvalue weighted by Gasteiger charge is -2.22. The monoisotopic (exact) mass is 284 g/mol. The first kappa shape index (κ1) is 13.8. The lowest BCUT2D eigenvalue weighted by atomic mass is 10.2. The molecule has 0 bridgehead atoms. The van der Waals surface area contributed by atoms with Crippen molar-refractivity contribution in [2.24, 2.45) is 5.73 Å². The molecule has 1 atom stereocenters.